The number of thiophene rings is 1. The summed E-state index contributed by atoms with van der Waals surface area (Å²) in [5.74, 6) is -0.398. The van der Waals surface area contributed by atoms with Gasteiger partial charge in [-0.1, -0.05) is 42.5 Å². The number of hydrogen-bond acceptors (Lipinski definition) is 6. The van der Waals surface area contributed by atoms with E-state index in [0.29, 0.717) is 10.6 Å². The summed E-state index contributed by atoms with van der Waals surface area (Å²) in [5, 5.41) is 8.01. The molecule has 6 nitrogen and oxygen atoms in total. The minimum Gasteiger partial charge on any atom is -0.383 e. The number of nitrogens with zero attached hydrogens (tertiary/aromatic N) is 1. The van der Waals surface area contributed by atoms with Gasteiger partial charge in [0.2, 0.25) is 5.91 Å². The number of anilines is 2. The lowest BCUT2D eigenvalue weighted by Crippen LogP contribution is -2.18. The van der Waals surface area contributed by atoms with E-state index in [4.69, 9.17) is 5.73 Å². The molecule has 4 N–H and O–H groups in total. The fourth-order valence-corrected chi connectivity index (χ4v) is 6.61. The summed E-state index contributed by atoms with van der Waals surface area (Å²) in [4.78, 5) is 31.5. The highest BCUT2D eigenvalue weighted by molar-refractivity contribution is 8.00. The molecule has 0 saturated carbocycles. The molecule has 2 amide bonds. The van der Waals surface area contributed by atoms with Crippen LogP contribution >= 0.6 is 23.1 Å². The van der Waals surface area contributed by atoms with Crippen molar-refractivity contribution in [2.24, 2.45) is 5.73 Å². The van der Waals surface area contributed by atoms with Crippen molar-refractivity contribution in [1.82, 2.24) is 4.98 Å². The number of aryl methyl sites for hydroxylation is 1. The molecule has 2 heterocycles. The molecule has 8 heteroatoms. The summed E-state index contributed by atoms with van der Waals surface area (Å²) in [6, 6.07) is 18.4. The van der Waals surface area contributed by atoms with Crippen molar-refractivity contribution in [3.05, 3.63) is 82.4 Å². The van der Waals surface area contributed by atoms with E-state index in [9.17, 15) is 9.59 Å². The Labute approximate surface area is 212 Å². The Balaban J connectivity index is 1.26. The lowest BCUT2D eigenvalue weighted by atomic mass is 10.1. The average Bonchev–Trinajstić information content (AvgIpc) is 3.44. The summed E-state index contributed by atoms with van der Waals surface area (Å²) < 4.78 is 0. The molecule has 0 bridgehead atoms. The lowest BCUT2D eigenvalue weighted by Gasteiger charge is -2.12. The summed E-state index contributed by atoms with van der Waals surface area (Å²) >= 11 is 2.94. The van der Waals surface area contributed by atoms with Crippen LogP contribution in [0.3, 0.4) is 0 Å². The fraction of sp³-hybridized carbons (Fsp3) is 0.222. The number of fused-ring (bicyclic) bond motifs is 2. The van der Waals surface area contributed by atoms with Crippen molar-refractivity contribution in [2.45, 2.75) is 30.6 Å². The number of amides is 2. The normalized spacial score (nSPS) is 12.5. The van der Waals surface area contributed by atoms with E-state index in [1.807, 2.05) is 30.3 Å². The zero-order chi connectivity index (χ0) is 24.2. The molecule has 0 aliphatic heterocycles. The molecule has 178 valence electrons. The zero-order valence-electron chi connectivity index (χ0n) is 19.2. The third kappa shape index (κ3) is 5.18. The number of pyridine rings is 1. The van der Waals surface area contributed by atoms with Crippen molar-refractivity contribution >= 4 is 56.5 Å². The molecule has 0 radical (unpaired) electrons. The summed E-state index contributed by atoms with van der Waals surface area (Å²) in [7, 11) is 0. The molecule has 2 aromatic heterocycles. The molecule has 0 saturated heterocycles. The summed E-state index contributed by atoms with van der Waals surface area (Å²) in [6.45, 7) is 0.803. The standard InChI is InChI=1S/C27H26N4O2S2/c28-26(33)24-18-8-5-11-22(18)35-27(24)31-23(32)16-34-21-13-15-30-25-19(21)9-4-10-20(25)29-14-12-17-6-2-1-3-7-17/h1-4,6-7,9-10,13,15,29H,5,8,11-12,14,16H2,(H2,28,33)(H,31,32). The molecule has 5 rings (SSSR count). The number of thioether (sulfide) groups is 1. The zero-order valence-corrected chi connectivity index (χ0v) is 20.8. The number of aromatic nitrogens is 1. The van der Waals surface area contributed by atoms with Crippen molar-refractivity contribution in [1.29, 1.82) is 0 Å². The van der Waals surface area contributed by atoms with Gasteiger partial charge in [-0.25, -0.2) is 0 Å². The Morgan fingerprint density at radius 2 is 1.91 bits per heavy atom. The monoisotopic (exact) mass is 502 g/mol. The molecular weight excluding hydrogens is 476 g/mol. The number of nitrogens with one attached hydrogen (secondary N) is 2. The number of para-hydroxylation sites is 1. The number of benzene rings is 2. The number of hydrogen-bond donors (Lipinski definition) is 3. The SMILES string of the molecule is NC(=O)c1c(NC(=O)CSc2ccnc3c(NCCc4ccccc4)cccc23)sc2c1CCC2. The summed E-state index contributed by atoms with van der Waals surface area (Å²) in [5.41, 5.74) is 10.3. The maximum absolute atomic E-state index is 12.8. The minimum atomic E-state index is -0.472. The smallest absolute Gasteiger partial charge is 0.251 e. The van der Waals surface area contributed by atoms with Crippen LogP contribution in [0.25, 0.3) is 10.9 Å². The molecule has 0 spiro atoms. The van der Waals surface area contributed by atoms with Crippen LogP contribution in [0.1, 0.15) is 32.8 Å². The van der Waals surface area contributed by atoms with Gasteiger partial charge in [0, 0.05) is 27.9 Å². The van der Waals surface area contributed by atoms with Crippen LogP contribution in [0.4, 0.5) is 10.7 Å². The third-order valence-electron chi connectivity index (χ3n) is 6.08. The van der Waals surface area contributed by atoms with Crippen molar-refractivity contribution in [2.75, 3.05) is 22.9 Å². The van der Waals surface area contributed by atoms with Crippen molar-refractivity contribution < 1.29 is 9.59 Å². The van der Waals surface area contributed by atoms with E-state index in [0.717, 1.165) is 64.2 Å². The second kappa shape index (κ2) is 10.5. The van der Waals surface area contributed by atoms with Gasteiger partial charge in [-0.2, -0.15) is 0 Å². The summed E-state index contributed by atoms with van der Waals surface area (Å²) in [6.07, 6.45) is 5.52. The highest BCUT2D eigenvalue weighted by Crippen LogP contribution is 2.39. The van der Waals surface area contributed by atoms with Crippen LogP contribution < -0.4 is 16.4 Å². The van der Waals surface area contributed by atoms with Gasteiger partial charge in [0.25, 0.3) is 5.91 Å². The largest absolute Gasteiger partial charge is 0.383 e. The van der Waals surface area contributed by atoms with Crippen LogP contribution in [0.15, 0.2) is 65.7 Å². The second-order valence-corrected chi connectivity index (χ2v) is 10.6. The lowest BCUT2D eigenvalue weighted by molar-refractivity contribution is -0.113. The predicted octanol–water partition coefficient (Wildman–Crippen LogP) is 5.27. The van der Waals surface area contributed by atoms with E-state index in [2.05, 4.69) is 39.9 Å². The Morgan fingerprint density at radius 1 is 1.06 bits per heavy atom. The molecule has 0 fully saturated rings. The van der Waals surface area contributed by atoms with E-state index < -0.39 is 5.91 Å². The van der Waals surface area contributed by atoms with Gasteiger partial charge in [0.05, 0.1) is 22.5 Å². The van der Waals surface area contributed by atoms with Crippen molar-refractivity contribution in [3.63, 3.8) is 0 Å². The first-order chi connectivity index (χ1) is 17.1. The van der Waals surface area contributed by atoms with Gasteiger partial charge in [0.1, 0.15) is 5.00 Å². The maximum Gasteiger partial charge on any atom is 0.251 e. The predicted molar refractivity (Wildman–Crippen MR) is 145 cm³/mol. The Bertz CT molecular complexity index is 1380. The van der Waals surface area contributed by atoms with Crippen LogP contribution in [0, 0.1) is 0 Å². The molecular formula is C27H26N4O2S2. The van der Waals surface area contributed by atoms with Crippen LogP contribution in [0.2, 0.25) is 0 Å². The van der Waals surface area contributed by atoms with Gasteiger partial charge in [-0.05, 0) is 48.9 Å². The van der Waals surface area contributed by atoms with E-state index >= 15 is 0 Å². The Hall–Kier alpha value is -3.36. The average molecular weight is 503 g/mol. The number of nitrogens with two attached hydrogens (primary N) is 1. The van der Waals surface area contributed by atoms with Crippen LogP contribution in [-0.4, -0.2) is 29.1 Å². The molecule has 2 aromatic carbocycles. The number of carbonyl (C=O) groups excluding carboxylic acids is 2. The molecule has 0 atom stereocenters. The topological polar surface area (TPSA) is 97.1 Å². The number of primary amides is 1. The quantitative estimate of drug-likeness (QED) is 0.271. The molecule has 35 heavy (non-hydrogen) atoms. The number of carbonyl (C=O) groups is 2. The highest BCUT2D eigenvalue weighted by Gasteiger charge is 2.26. The fourth-order valence-electron chi connectivity index (χ4n) is 4.46. The Morgan fingerprint density at radius 3 is 2.74 bits per heavy atom. The van der Waals surface area contributed by atoms with Crippen LogP contribution in [0.5, 0.6) is 0 Å². The molecule has 1 aliphatic rings. The van der Waals surface area contributed by atoms with Gasteiger partial charge < -0.3 is 16.4 Å². The molecule has 1 aliphatic carbocycles. The van der Waals surface area contributed by atoms with E-state index in [1.165, 1.54) is 28.7 Å². The highest BCUT2D eigenvalue weighted by atomic mass is 32.2. The van der Waals surface area contributed by atoms with Gasteiger partial charge in [-0.3, -0.25) is 14.6 Å². The minimum absolute atomic E-state index is 0.153. The third-order valence-corrected chi connectivity index (χ3v) is 8.36. The van der Waals surface area contributed by atoms with Gasteiger partial charge in [0.15, 0.2) is 0 Å². The van der Waals surface area contributed by atoms with Crippen molar-refractivity contribution in [3.8, 4) is 0 Å². The maximum atomic E-state index is 12.8. The first-order valence-corrected chi connectivity index (χ1v) is 13.4. The van der Waals surface area contributed by atoms with E-state index in [-0.39, 0.29) is 11.7 Å². The second-order valence-electron chi connectivity index (χ2n) is 8.44. The van der Waals surface area contributed by atoms with Gasteiger partial charge in [-0.15, -0.1) is 23.1 Å². The van der Waals surface area contributed by atoms with Crippen LogP contribution in [-0.2, 0) is 24.1 Å². The molecule has 4 aromatic rings. The van der Waals surface area contributed by atoms with E-state index in [1.54, 1.807) is 6.20 Å². The molecule has 0 unspecified atom stereocenters. The first-order valence-electron chi connectivity index (χ1n) is 11.6. The van der Waals surface area contributed by atoms with Gasteiger partial charge >= 0.3 is 0 Å². The Kier molecular flexibility index (Phi) is 7.01. The first kappa shape index (κ1) is 23.4. The number of rotatable bonds is 9.